The van der Waals surface area contributed by atoms with Crippen LogP contribution in [0.1, 0.15) is 57.4 Å². The van der Waals surface area contributed by atoms with E-state index in [2.05, 4.69) is 42.6 Å². The lowest BCUT2D eigenvalue weighted by molar-refractivity contribution is -0.124. The van der Waals surface area contributed by atoms with Crippen LogP contribution in [0.2, 0.25) is 0 Å². The molecule has 162 valence electrons. The van der Waals surface area contributed by atoms with Gasteiger partial charge in [0.05, 0.1) is 12.0 Å². The molecule has 0 spiro atoms. The minimum absolute atomic E-state index is 0.0157. The van der Waals surface area contributed by atoms with Gasteiger partial charge in [0.25, 0.3) is 5.91 Å². The Morgan fingerprint density at radius 3 is 2.47 bits per heavy atom. The third-order valence-electron chi connectivity index (χ3n) is 6.54. The summed E-state index contributed by atoms with van der Waals surface area (Å²) in [4.78, 5) is 29.2. The van der Waals surface area contributed by atoms with Gasteiger partial charge in [-0.15, -0.1) is 0 Å². The molecule has 2 atom stereocenters. The SMILES string of the molecule is Cc1cccc([C@@H]2[C@@H](C(=O)NCCc3ccccc3)c3ccccc3C(=O)N2C2CC2)c1. The van der Waals surface area contributed by atoms with Crippen molar-refractivity contribution in [1.29, 1.82) is 0 Å². The fourth-order valence-corrected chi connectivity index (χ4v) is 4.88. The number of hydrogen-bond donors (Lipinski definition) is 1. The van der Waals surface area contributed by atoms with Crippen LogP contribution in [-0.2, 0) is 11.2 Å². The Balaban J connectivity index is 1.51. The summed E-state index contributed by atoms with van der Waals surface area (Å²) in [5.74, 6) is -0.400. The van der Waals surface area contributed by atoms with Gasteiger partial charge in [-0.25, -0.2) is 0 Å². The fourth-order valence-electron chi connectivity index (χ4n) is 4.88. The second-order valence-corrected chi connectivity index (χ2v) is 8.89. The second kappa shape index (κ2) is 8.62. The van der Waals surface area contributed by atoms with E-state index in [1.165, 1.54) is 5.56 Å². The Labute approximate surface area is 189 Å². The molecule has 1 aliphatic heterocycles. The van der Waals surface area contributed by atoms with Gasteiger partial charge in [0.15, 0.2) is 0 Å². The van der Waals surface area contributed by atoms with Crippen LogP contribution in [0.3, 0.4) is 0 Å². The van der Waals surface area contributed by atoms with Crippen LogP contribution >= 0.6 is 0 Å². The van der Waals surface area contributed by atoms with Crippen molar-refractivity contribution in [2.75, 3.05) is 6.54 Å². The molecule has 0 unspecified atom stereocenters. The third kappa shape index (κ3) is 3.93. The van der Waals surface area contributed by atoms with Crippen LogP contribution in [0.15, 0.2) is 78.9 Å². The van der Waals surface area contributed by atoms with E-state index in [9.17, 15) is 9.59 Å². The average Bonchev–Trinajstić information content (AvgIpc) is 3.65. The van der Waals surface area contributed by atoms with E-state index in [0.29, 0.717) is 12.1 Å². The molecule has 0 aromatic heterocycles. The lowest BCUT2D eigenvalue weighted by atomic mass is 9.78. The standard InChI is InChI=1S/C28H28N2O2/c1-19-8-7-11-21(18-19)26-25(27(31)29-17-16-20-9-3-2-4-10-20)23-12-5-6-13-24(23)28(32)30(26)22-14-15-22/h2-13,18,22,25-26H,14-17H2,1H3,(H,29,31)/t25-,26+/m0/s1. The average molecular weight is 425 g/mol. The summed E-state index contributed by atoms with van der Waals surface area (Å²) in [5, 5.41) is 3.17. The van der Waals surface area contributed by atoms with E-state index in [1.807, 2.05) is 53.4 Å². The molecule has 32 heavy (non-hydrogen) atoms. The van der Waals surface area contributed by atoms with Crippen LogP contribution < -0.4 is 5.32 Å². The first-order valence-electron chi connectivity index (χ1n) is 11.4. The number of rotatable bonds is 6. The number of fused-ring (bicyclic) bond motifs is 1. The Bertz CT molecular complexity index is 1140. The largest absolute Gasteiger partial charge is 0.355 e. The zero-order chi connectivity index (χ0) is 22.1. The van der Waals surface area contributed by atoms with Crippen molar-refractivity contribution >= 4 is 11.8 Å². The molecule has 1 N–H and O–H groups in total. The summed E-state index contributed by atoms with van der Waals surface area (Å²) in [6.07, 6.45) is 2.78. The van der Waals surface area contributed by atoms with Gasteiger partial charge in [0.1, 0.15) is 0 Å². The Kier molecular flexibility index (Phi) is 5.52. The normalized spacial score (nSPS) is 20.0. The van der Waals surface area contributed by atoms with Crippen molar-refractivity contribution in [1.82, 2.24) is 10.2 Å². The number of carbonyl (C=O) groups excluding carboxylic acids is 2. The zero-order valence-electron chi connectivity index (χ0n) is 18.3. The molecule has 4 nitrogen and oxygen atoms in total. The fraction of sp³-hybridized carbons (Fsp3) is 0.286. The number of carbonyl (C=O) groups is 2. The minimum atomic E-state index is -0.429. The Hall–Kier alpha value is -3.40. The molecule has 0 bridgehead atoms. The van der Waals surface area contributed by atoms with Crippen molar-refractivity contribution in [3.63, 3.8) is 0 Å². The van der Waals surface area contributed by atoms with Crippen LogP contribution in [0.25, 0.3) is 0 Å². The number of nitrogens with zero attached hydrogens (tertiary/aromatic N) is 1. The molecule has 3 aromatic carbocycles. The maximum atomic E-state index is 13.7. The minimum Gasteiger partial charge on any atom is -0.355 e. The van der Waals surface area contributed by atoms with Gasteiger partial charge < -0.3 is 10.2 Å². The van der Waals surface area contributed by atoms with Crippen molar-refractivity contribution in [3.05, 3.63) is 107 Å². The van der Waals surface area contributed by atoms with E-state index < -0.39 is 5.92 Å². The molecule has 1 heterocycles. The highest BCUT2D eigenvalue weighted by molar-refractivity contribution is 6.01. The van der Waals surface area contributed by atoms with Gasteiger partial charge in [-0.2, -0.15) is 0 Å². The van der Waals surface area contributed by atoms with E-state index in [0.717, 1.165) is 36.0 Å². The van der Waals surface area contributed by atoms with Gasteiger partial charge in [-0.1, -0.05) is 78.4 Å². The Morgan fingerprint density at radius 2 is 1.72 bits per heavy atom. The maximum Gasteiger partial charge on any atom is 0.254 e. The third-order valence-corrected chi connectivity index (χ3v) is 6.54. The van der Waals surface area contributed by atoms with Crippen LogP contribution in [0, 0.1) is 6.92 Å². The Morgan fingerprint density at radius 1 is 0.969 bits per heavy atom. The van der Waals surface area contributed by atoms with Crippen molar-refractivity contribution < 1.29 is 9.59 Å². The zero-order valence-corrected chi connectivity index (χ0v) is 18.3. The highest BCUT2D eigenvalue weighted by Crippen LogP contribution is 2.47. The monoisotopic (exact) mass is 424 g/mol. The summed E-state index contributed by atoms with van der Waals surface area (Å²) in [6, 6.07) is 26.0. The van der Waals surface area contributed by atoms with Crippen molar-refractivity contribution in [3.8, 4) is 0 Å². The van der Waals surface area contributed by atoms with Gasteiger partial charge in [0, 0.05) is 18.2 Å². The summed E-state index contributed by atoms with van der Waals surface area (Å²) in [7, 11) is 0. The lowest BCUT2D eigenvalue weighted by Gasteiger charge is -2.42. The highest BCUT2D eigenvalue weighted by atomic mass is 16.2. The second-order valence-electron chi connectivity index (χ2n) is 8.89. The summed E-state index contributed by atoms with van der Waals surface area (Å²) in [5.41, 5.74) is 4.85. The van der Waals surface area contributed by atoms with Crippen LogP contribution in [-0.4, -0.2) is 29.3 Å². The molecule has 2 amide bonds. The van der Waals surface area contributed by atoms with Gasteiger partial charge >= 0.3 is 0 Å². The number of benzene rings is 3. The van der Waals surface area contributed by atoms with E-state index >= 15 is 0 Å². The van der Waals surface area contributed by atoms with Gasteiger partial charge in [0.2, 0.25) is 5.91 Å². The molecule has 1 saturated carbocycles. The van der Waals surface area contributed by atoms with Crippen molar-refractivity contribution in [2.45, 2.75) is 44.2 Å². The summed E-state index contributed by atoms with van der Waals surface area (Å²) in [6.45, 7) is 2.62. The first kappa shape index (κ1) is 20.5. The van der Waals surface area contributed by atoms with Gasteiger partial charge in [-0.05, 0) is 48.9 Å². The molecule has 0 saturated heterocycles. The van der Waals surface area contributed by atoms with E-state index in [4.69, 9.17) is 0 Å². The topological polar surface area (TPSA) is 49.4 Å². The molecule has 1 fully saturated rings. The van der Waals surface area contributed by atoms with E-state index in [1.54, 1.807) is 0 Å². The maximum absolute atomic E-state index is 13.7. The molecule has 4 heteroatoms. The van der Waals surface area contributed by atoms with Crippen LogP contribution in [0.4, 0.5) is 0 Å². The smallest absolute Gasteiger partial charge is 0.254 e. The molecule has 0 radical (unpaired) electrons. The lowest BCUT2D eigenvalue weighted by Crippen LogP contribution is -2.48. The molecular formula is C28H28N2O2. The first-order valence-corrected chi connectivity index (χ1v) is 11.4. The number of amides is 2. The highest BCUT2D eigenvalue weighted by Gasteiger charge is 2.48. The summed E-state index contributed by atoms with van der Waals surface area (Å²) < 4.78 is 0. The molecule has 2 aliphatic rings. The van der Waals surface area contributed by atoms with E-state index in [-0.39, 0.29) is 23.9 Å². The quantitative estimate of drug-likeness (QED) is 0.618. The summed E-state index contributed by atoms with van der Waals surface area (Å²) >= 11 is 0. The molecular weight excluding hydrogens is 396 g/mol. The number of hydrogen-bond acceptors (Lipinski definition) is 2. The number of aryl methyl sites for hydroxylation is 1. The van der Waals surface area contributed by atoms with Gasteiger partial charge in [-0.3, -0.25) is 9.59 Å². The molecule has 1 aliphatic carbocycles. The molecule has 3 aromatic rings. The van der Waals surface area contributed by atoms with Crippen molar-refractivity contribution in [2.24, 2.45) is 0 Å². The predicted molar refractivity (Wildman–Crippen MR) is 125 cm³/mol. The molecule has 5 rings (SSSR count). The predicted octanol–water partition coefficient (Wildman–Crippen LogP) is 4.80. The first-order chi connectivity index (χ1) is 15.6. The number of nitrogens with one attached hydrogen (secondary N) is 1. The van der Waals surface area contributed by atoms with Crippen LogP contribution in [0.5, 0.6) is 0 Å².